The second-order valence-corrected chi connectivity index (χ2v) is 8.83. The lowest BCUT2D eigenvalue weighted by Crippen LogP contribution is -2.54. The van der Waals surface area contributed by atoms with E-state index in [1.165, 1.54) is 5.69 Å². The maximum Gasteiger partial charge on any atom is 0.159 e. The fourth-order valence-electron chi connectivity index (χ4n) is 4.28. The molecule has 2 aromatic heterocycles. The number of aromatic nitrogens is 4. The summed E-state index contributed by atoms with van der Waals surface area (Å²) >= 11 is 6.09. The van der Waals surface area contributed by atoms with Crippen LogP contribution in [0.4, 0.5) is 5.69 Å². The second kappa shape index (κ2) is 7.58. The number of aromatic amines is 2. The molecule has 1 aliphatic rings. The molecule has 0 saturated carbocycles. The number of likely N-dealkylation sites (N-methyl/N-ethyl adjacent to an activating group) is 2. The predicted molar refractivity (Wildman–Crippen MR) is 123 cm³/mol. The quantitative estimate of drug-likeness (QED) is 0.526. The average Bonchev–Trinajstić information content (AvgIpc) is 3.31. The van der Waals surface area contributed by atoms with Crippen molar-refractivity contribution in [3.05, 3.63) is 41.4 Å². The number of anilines is 1. The lowest BCUT2D eigenvalue weighted by Gasteiger charge is -2.41. The van der Waals surface area contributed by atoms with E-state index >= 15 is 0 Å². The Hall–Kier alpha value is -2.61. The number of benzene rings is 2. The maximum absolute atomic E-state index is 6.09. The van der Waals surface area contributed by atoms with Crippen molar-refractivity contribution in [3.8, 4) is 11.5 Å². The predicted octanol–water partition coefficient (Wildman–Crippen LogP) is 3.44. The average molecular weight is 424 g/mol. The third kappa shape index (κ3) is 3.53. The molecule has 0 aliphatic carbocycles. The minimum atomic E-state index is 0.518. The molecule has 0 spiro atoms. The molecule has 1 saturated heterocycles. The van der Waals surface area contributed by atoms with Crippen molar-refractivity contribution in [1.29, 1.82) is 0 Å². The van der Waals surface area contributed by atoms with E-state index in [1.54, 1.807) is 0 Å². The normalized spacial score (nSPS) is 18.2. The van der Waals surface area contributed by atoms with E-state index < -0.39 is 0 Å². The van der Waals surface area contributed by atoms with Gasteiger partial charge < -0.3 is 14.8 Å². The fourth-order valence-corrected chi connectivity index (χ4v) is 4.45. The molecular formula is C22H26ClN7. The fraction of sp³-hybridized carbons (Fsp3) is 0.364. The third-order valence-electron chi connectivity index (χ3n) is 5.93. The van der Waals surface area contributed by atoms with Gasteiger partial charge in [0.05, 0.1) is 16.6 Å². The zero-order valence-corrected chi connectivity index (χ0v) is 18.2. The SMILES string of the molecule is CN(C)CC1CN(c2ccc3nc(-c4n[nH]c5cc(Cl)ccc45)[nH]c3c2)CCN1C. The van der Waals surface area contributed by atoms with Crippen molar-refractivity contribution in [2.75, 3.05) is 52.2 Å². The second-order valence-electron chi connectivity index (χ2n) is 8.39. The molecule has 2 aromatic carbocycles. The van der Waals surface area contributed by atoms with Crippen LogP contribution < -0.4 is 4.90 Å². The molecule has 3 heterocycles. The van der Waals surface area contributed by atoms with Gasteiger partial charge in [0.15, 0.2) is 5.82 Å². The van der Waals surface area contributed by atoms with Crippen LogP contribution in [0.3, 0.4) is 0 Å². The van der Waals surface area contributed by atoms with Gasteiger partial charge >= 0.3 is 0 Å². The molecule has 0 bridgehead atoms. The van der Waals surface area contributed by atoms with E-state index in [-0.39, 0.29) is 0 Å². The molecular weight excluding hydrogens is 398 g/mol. The zero-order chi connectivity index (χ0) is 20.8. The Balaban J connectivity index is 1.45. The van der Waals surface area contributed by atoms with E-state index in [0.717, 1.165) is 59.6 Å². The summed E-state index contributed by atoms with van der Waals surface area (Å²) in [5.74, 6) is 0.764. The molecule has 0 amide bonds. The van der Waals surface area contributed by atoms with Crippen molar-refractivity contribution < 1.29 is 0 Å². The van der Waals surface area contributed by atoms with Gasteiger partial charge in [-0.3, -0.25) is 10.00 Å². The van der Waals surface area contributed by atoms with Gasteiger partial charge in [0.2, 0.25) is 0 Å². The summed E-state index contributed by atoms with van der Waals surface area (Å²) in [7, 11) is 6.49. The number of rotatable bonds is 4. The Morgan fingerprint density at radius 3 is 2.83 bits per heavy atom. The Morgan fingerprint density at radius 2 is 2.00 bits per heavy atom. The number of nitrogens with one attached hydrogen (secondary N) is 2. The smallest absolute Gasteiger partial charge is 0.159 e. The number of piperazine rings is 1. The first kappa shape index (κ1) is 19.4. The van der Waals surface area contributed by atoms with Gasteiger partial charge in [-0.15, -0.1) is 0 Å². The third-order valence-corrected chi connectivity index (χ3v) is 6.17. The van der Waals surface area contributed by atoms with E-state index in [0.29, 0.717) is 11.1 Å². The van der Waals surface area contributed by atoms with Crippen LogP contribution in [-0.2, 0) is 0 Å². The van der Waals surface area contributed by atoms with Crippen LogP contribution in [0.1, 0.15) is 0 Å². The molecule has 1 aliphatic heterocycles. The number of H-pyrrole nitrogens is 2. The summed E-state index contributed by atoms with van der Waals surface area (Å²) in [6.45, 7) is 4.16. The minimum absolute atomic E-state index is 0.518. The molecule has 1 atom stereocenters. The maximum atomic E-state index is 6.09. The summed E-state index contributed by atoms with van der Waals surface area (Å²) in [4.78, 5) is 15.4. The van der Waals surface area contributed by atoms with Gasteiger partial charge in [-0.25, -0.2) is 4.98 Å². The van der Waals surface area contributed by atoms with E-state index in [9.17, 15) is 0 Å². The van der Waals surface area contributed by atoms with E-state index in [4.69, 9.17) is 16.6 Å². The molecule has 1 unspecified atom stereocenters. The molecule has 30 heavy (non-hydrogen) atoms. The van der Waals surface area contributed by atoms with Crippen LogP contribution in [0.25, 0.3) is 33.5 Å². The lowest BCUT2D eigenvalue weighted by molar-refractivity contribution is 0.178. The van der Waals surface area contributed by atoms with Crippen LogP contribution in [0.5, 0.6) is 0 Å². The number of imidazole rings is 1. The highest BCUT2D eigenvalue weighted by atomic mass is 35.5. The molecule has 8 heteroatoms. The lowest BCUT2D eigenvalue weighted by atomic mass is 10.1. The monoisotopic (exact) mass is 423 g/mol. The van der Waals surface area contributed by atoms with Gasteiger partial charge in [-0.1, -0.05) is 11.6 Å². The van der Waals surface area contributed by atoms with Gasteiger partial charge in [-0.2, -0.15) is 5.10 Å². The molecule has 7 nitrogen and oxygen atoms in total. The first-order chi connectivity index (χ1) is 14.5. The van der Waals surface area contributed by atoms with Gasteiger partial charge in [0.1, 0.15) is 5.69 Å². The Morgan fingerprint density at radius 1 is 1.13 bits per heavy atom. The standard InChI is InChI=1S/C22H26ClN7/c1-28(2)12-16-13-30(9-8-29(16)3)15-5-7-18-20(11-15)25-22(24-18)21-17-6-4-14(23)10-19(17)26-27-21/h4-7,10-11,16H,8-9,12-13H2,1-3H3,(H,24,25)(H,26,27). The highest BCUT2D eigenvalue weighted by Crippen LogP contribution is 2.29. The minimum Gasteiger partial charge on any atom is -0.369 e. The van der Waals surface area contributed by atoms with Crippen molar-refractivity contribution in [1.82, 2.24) is 30.0 Å². The summed E-state index contributed by atoms with van der Waals surface area (Å²) in [6, 6.07) is 12.7. The summed E-state index contributed by atoms with van der Waals surface area (Å²) in [5.41, 5.74) is 4.91. The molecule has 1 fully saturated rings. The number of halogens is 1. The number of hydrogen-bond acceptors (Lipinski definition) is 5. The van der Waals surface area contributed by atoms with Crippen LogP contribution in [0.15, 0.2) is 36.4 Å². The Bertz CT molecular complexity index is 1190. The molecule has 156 valence electrons. The number of hydrogen-bond donors (Lipinski definition) is 2. The first-order valence-corrected chi connectivity index (χ1v) is 10.6. The van der Waals surface area contributed by atoms with Crippen molar-refractivity contribution >= 4 is 39.2 Å². The van der Waals surface area contributed by atoms with Crippen LogP contribution in [-0.4, -0.2) is 83.3 Å². The van der Waals surface area contributed by atoms with Crippen LogP contribution in [0.2, 0.25) is 5.02 Å². The first-order valence-electron chi connectivity index (χ1n) is 10.2. The van der Waals surface area contributed by atoms with Crippen molar-refractivity contribution in [2.24, 2.45) is 0 Å². The highest BCUT2D eigenvalue weighted by molar-refractivity contribution is 6.31. The summed E-state index contributed by atoms with van der Waals surface area (Å²) in [5, 5.41) is 9.20. The molecule has 0 radical (unpaired) electrons. The number of nitrogens with zero attached hydrogens (tertiary/aromatic N) is 5. The van der Waals surface area contributed by atoms with Crippen molar-refractivity contribution in [2.45, 2.75) is 6.04 Å². The zero-order valence-electron chi connectivity index (χ0n) is 17.5. The molecule has 2 N–H and O–H groups in total. The molecule has 5 rings (SSSR count). The van der Waals surface area contributed by atoms with Gasteiger partial charge in [0.25, 0.3) is 0 Å². The number of fused-ring (bicyclic) bond motifs is 2. The topological polar surface area (TPSA) is 67.1 Å². The Kier molecular flexibility index (Phi) is 4.89. The van der Waals surface area contributed by atoms with Crippen molar-refractivity contribution in [3.63, 3.8) is 0 Å². The van der Waals surface area contributed by atoms with E-state index in [2.05, 4.69) is 69.2 Å². The summed E-state index contributed by atoms with van der Waals surface area (Å²) < 4.78 is 0. The van der Waals surface area contributed by atoms with E-state index in [1.807, 2.05) is 18.2 Å². The largest absolute Gasteiger partial charge is 0.369 e. The van der Waals surface area contributed by atoms with Crippen LogP contribution in [0, 0.1) is 0 Å². The van der Waals surface area contributed by atoms with Crippen LogP contribution >= 0.6 is 11.6 Å². The van der Waals surface area contributed by atoms with Gasteiger partial charge in [0, 0.05) is 48.3 Å². The van der Waals surface area contributed by atoms with Gasteiger partial charge in [-0.05, 0) is 57.5 Å². The molecule has 4 aromatic rings. The summed E-state index contributed by atoms with van der Waals surface area (Å²) in [6.07, 6.45) is 0. The highest BCUT2D eigenvalue weighted by Gasteiger charge is 2.25. The Labute approximate surface area is 180 Å².